The van der Waals surface area contributed by atoms with E-state index in [1.807, 2.05) is 19.9 Å². The third kappa shape index (κ3) is 2.74. The van der Waals surface area contributed by atoms with Gasteiger partial charge in [0.1, 0.15) is 5.82 Å². The van der Waals surface area contributed by atoms with Crippen molar-refractivity contribution in [2.24, 2.45) is 0 Å². The number of rotatable bonds is 3. The van der Waals surface area contributed by atoms with Crippen LogP contribution in [0.3, 0.4) is 0 Å². The van der Waals surface area contributed by atoms with Gasteiger partial charge < -0.3 is 0 Å². The van der Waals surface area contributed by atoms with Crippen molar-refractivity contribution >= 4 is 23.2 Å². The van der Waals surface area contributed by atoms with Crippen molar-refractivity contribution in [3.05, 3.63) is 63.1 Å². The van der Waals surface area contributed by atoms with Gasteiger partial charge in [-0.25, -0.2) is 4.39 Å². The number of carbonyl (C=O) groups excluding carboxylic acids is 1. The molecule has 0 N–H and O–H groups in total. The summed E-state index contributed by atoms with van der Waals surface area (Å²) in [5, 5.41) is 0. The van der Waals surface area contributed by atoms with Gasteiger partial charge in [-0.2, -0.15) is 0 Å². The Labute approximate surface area is 110 Å². The largest absolute Gasteiger partial charge is 0.289 e. The fourth-order valence-corrected chi connectivity index (χ4v) is 2.67. The van der Waals surface area contributed by atoms with Gasteiger partial charge in [0.05, 0.1) is 0 Å². The third-order valence-electron chi connectivity index (χ3n) is 2.63. The van der Waals surface area contributed by atoms with Crippen LogP contribution < -0.4 is 0 Å². The van der Waals surface area contributed by atoms with Crippen LogP contribution in [0.1, 0.15) is 25.7 Å². The third-order valence-corrected chi connectivity index (χ3v) is 3.59. The predicted molar refractivity (Wildman–Crippen MR) is 73.6 cm³/mol. The molecule has 92 valence electrons. The number of thiophene rings is 1. The molecule has 0 saturated carbocycles. The van der Waals surface area contributed by atoms with Crippen LogP contribution in [0.15, 0.2) is 36.4 Å². The average molecular weight is 260 g/mol. The van der Waals surface area contributed by atoms with Gasteiger partial charge in [-0.1, -0.05) is 18.2 Å². The highest BCUT2D eigenvalue weighted by Crippen LogP contribution is 2.21. The van der Waals surface area contributed by atoms with E-state index in [2.05, 4.69) is 0 Å². The number of aryl methyl sites for hydroxylation is 2. The zero-order valence-corrected chi connectivity index (χ0v) is 11.1. The molecule has 0 saturated heterocycles. The predicted octanol–water partition coefficient (Wildman–Crippen LogP) is 4.40. The molecule has 18 heavy (non-hydrogen) atoms. The van der Waals surface area contributed by atoms with Gasteiger partial charge in [0, 0.05) is 20.9 Å². The van der Waals surface area contributed by atoms with E-state index in [1.54, 1.807) is 29.5 Å². The van der Waals surface area contributed by atoms with E-state index in [1.165, 1.54) is 18.2 Å². The Bertz CT molecular complexity index is 611. The molecular weight excluding hydrogens is 247 g/mol. The molecule has 0 aliphatic rings. The second-order valence-electron chi connectivity index (χ2n) is 4.05. The van der Waals surface area contributed by atoms with Gasteiger partial charge in [-0.3, -0.25) is 4.79 Å². The Morgan fingerprint density at radius 1 is 1.28 bits per heavy atom. The van der Waals surface area contributed by atoms with Crippen LogP contribution in [0.4, 0.5) is 4.39 Å². The minimum Gasteiger partial charge on any atom is -0.289 e. The first-order valence-corrected chi connectivity index (χ1v) is 6.43. The number of benzene rings is 1. The number of hydrogen-bond acceptors (Lipinski definition) is 2. The number of ketones is 1. The molecule has 2 rings (SSSR count). The molecule has 1 nitrogen and oxygen atoms in total. The summed E-state index contributed by atoms with van der Waals surface area (Å²) in [7, 11) is 0. The first-order valence-electron chi connectivity index (χ1n) is 5.62. The number of carbonyl (C=O) groups is 1. The fraction of sp³-hybridized carbons (Fsp3) is 0.133. The number of hydrogen-bond donors (Lipinski definition) is 0. The molecule has 0 atom stereocenters. The maximum atomic E-state index is 13.4. The summed E-state index contributed by atoms with van der Waals surface area (Å²) >= 11 is 1.59. The molecule has 2 aromatic rings. The zero-order chi connectivity index (χ0) is 13.1. The van der Waals surface area contributed by atoms with E-state index in [9.17, 15) is 9.18 Å². The summed E-state index contributed by atoms with van der Waals surface area (Å²) < 4.78 is 13.4. The topological polar surface area (TPSA) is 17.1 Å². The standard InChI is InChI=1S/C15H13FOS/c1-10-9-13(11(2)18-10)15(17)8-7-12-5-3-4-6-14(12)16/h3-9H,1-2H3/b8-7+. The van der Waals surface area contributed by atoms with Crippen LogP contribution in [0.25, 0.3) is 6.08 Å². The van der Waals surface area contributed by atoms with Crippen LogP contribution in [0.5, 0.6) is 0 Å². The lowest BCUT2D eigenvalue weighted by molar-refractivity contribution is 0.104. The molecule has 0 bridgehead atoms. The van der Waals surface area contributed by atoms with Crippen LogP contribution in [-0.2, 0) is 0 Å². The van der Waals surface area contributed by atoms with Crippen molar-refractivity contribution in [3.63, 3.8) is 0 Å². The summed E-state index contributed by atoms with van der Waals surface area (Å²) in [6.45, 7) is 3.89. The summed E-state index contributed by atoms with van der Waals surface area (Å²) in [6, 6.07) is 8.26. The Balaban J connectivity index is 2.22. The molecule has 3 heteroatoms. The Morgan fingerprint density at radius 3 is 2.61 bits per heavy atom. The Morgan fingerprint density at radius 2 is 2.00 bits per heavy atom. The summed E-state index contributed by atoms with van der Waals surface area (Å²) in [4.78, 5) is 14.1. The lowest BCUT2D eigenvalue weighted by Crippen LogP contribution is -1.93. The quantitative estimate of drug-likeness (QED) is 0.590. The highest BCUT2D eigenvalue weighted by molar-refractivity contribution is 7.12. The lowest BCUT2D eigenvalue weighted by Gasteiger charge is -1.95. The molecule has 0 fully saturated rings. The number of allylic oxidation sites excluding steroid dienone is 1. The van der Waals surface area contributed by atoms with Crippen molar-refractivity contribution in [1.29, 1.82) is 0 Å². The van der Waals surface area contributed by atoms with Crippen molar-refractivity contribution in [2.75, 3.05) is 0 Å². The van der Waals surface area contributed by atoms with Crippen LogP contribution in [0, 0.1) is 19.7 Å². The molecule has 0 unspecified atom stereocenters. The summed E-state index contributed by atoms with van der Waals surface area (Å²) in [5.41, 5.74) is 1.13. The molecule has 1 aromatic carbocycles. The van der Waals surface area contributed by atoms with E-state index in [-0.39, 0.29) is 11.6 Å². The molecule has 1 aromatic heterocycles. The van der Waals surface area contributed by atoms with Crippen LogP contribution in [0.2, 0.25) is 0 Å². The molecule has 0 spiro atoms. The highest BCUT2D eigenvalue weighted by atomic mass is 32.1. The highest BCUT2D eigenvalue weighted by Gasteiger charge is 2.09. The molecule has 1 heterocycles. The van der Waals surface area contributed by atoms with E-state index in [0.29, 0.717) is 11.1 Å². The first kappa shape index (κ1) is 12.7. The smallest absolute Gasteiger partial charge is 0.186 e. The second-order valence-corrected chi connectivity index (χ2v) is 5.51. The Hall–Kier alpha value is -1.74. The summed E-state index contributed by atoms with van der Waals surface area (Å²) in [6.07, 6.45) is 2.94. The van der Waals surface area contributed by atoms with E-state index < -0.39 is 0 Å². The van der Waals surface area contributed by atoms with E-state index in [4.69, 9.17) is 0 Å². The zero-order valence-electron chi connectivity index (χ0n) is 10.2. The molecule has 0 amide bonds. The average Bonchev–Trinajstić information content (AvgIpc) is 2.67. The molecule has 0 radical (unpaired) electrons. The normalized spacial score (nSPS) is 11.1. The SMILES string of the molecule is Cc1cc(C(=O)/C=C/c2ccccc2F)c(C)s1. The first-order chi connectivity index (χ1) is 8.58. The van der Waals surface area contributed by atoms with Crippen LogP contribution in [-0.4, -0.2) is 5.78 Å². The molecular formula is C15H13FOS. The van der Waals surface area contributed by atoms with Gasteiger partial charge >= 0.3 is 0 Å². The van der Waals surface area contributed by atoms with Gasteiger partial charge in [0.25, 0.3) is 0 Å². The van der Waals surface area contributed by atoms with Crippen molar-refractivity contribution in [1.82, 2.24) is 0 Å². The van der Waals surface area contributed by atoms with E-state index >= 15 is 0 Å². The van der Waals surface area contributed by atoms with Gasteiger partial charge in [-0.05, 0) is 38.1 Å². The maximum Gasteiger partial charge on any atom is 0.186 e. The lowest BCUT2D eigenvalue weighted by atomic mass is 10.1. The van der Waals surface area contributed by atoms with Crippen LogP contribution >= 0.6 is 11.3 Å². The summed E-state index contributed by atoms with van der Waals surface area (Å²) in [5.74, 6) is -0.403. The monoisotopic (exact) mass is 260 g/mol. The molecule has 0 aliphatic heterocycles. The molecule has 0 aliphatic carbocycles. The Kier molecular flexibility index (Phi) is 3.72. The maximum absolute atomic E-state index is 13.4. The van der Waals surface area contributed by atoms with Gasteiger partial charge in [0.15, 0.2) is 5.78 Å². The van der Waals surface area contributed by atoms with Crippen molar-refractivity contribution in [2.45, 2.75) is 13.8 Å². The van der Waals surface area contributed by atoms with Gasteiger partial charge in [-0.15, -0.1) is 11.3 Å². The minimum absolute atomic E-state index is 0.0832. The minimum atomic E-state index is -0.320. The second kappa shape index (κ2) is 5.27. The van der Waals surface area contributed by atoms with E-state index in [0.717, 1.165) is 9.75 Å². The number of halogens is 1. The van der Waals surface area contributed by atoms with Crippen molar-refractivity contribution in [3.8, 4) is 0 Å². The van der Waals surface area contributed by atoms with Crippen molar-refractivity contribution < 1.29 is 9.18 Å². The van der Waals surface area contributed by atoms with Gasteiger partial charge in [0.2, 0.25) is 0 Å². The fourth-order valence-electron chi connectivity index (χ4n) is 1.74.